The van der Waals surface area contributed by atoms with Crippen molar-refractivity contribution in [1.29, 1.82) is 0 Å². The first-order valence-electron chi connectivity index (χ1n) is 7.79. The summed E-state index contributed by atoms with van der Waals surface area (Å²) in [6.07, 6.45) is 2.65. The van der Waals surface area contributed by atoms with Crippen LogP contribution in [0.3, 0.4) is 0 Å². The highest BCUT2D eigenvalue weighted by Gasteiger charge is 2.25. The van der Waals surface area contributed by atoms with Crippen LogP contribution in [0.1, 0.15) is 31.7 Å². The summed E-state index contributed by atoms with van der Waals surface area (Å²) in [4.78, 5) is 11.9. The van der Waals surface area contributed by atoms with Gasteiger partial charge in [-0.05, 0) is 37.5 Å². The predicted octanol–water partition coefficient (Wildman–Crippen LogP) is 1.88. The van der Waals surface area contributed by atoms with Gasteiger partial charge >= 0.3 is 0 Å². The molecule has 7 heteroatoms. The molecule has 6 nitrogen and oxygen atoms in total. The van der Waals surface area contributed by atoms with Crippen LogP contribution in [-0.4, -0.2) is 33.3 Å². The van der Waals surface area contributed by atoms with Gasteiger partial charge in [-0.1, -0.05) is 18.6 Å². The molecule has 0 bridgehead atoms. The lowest BCUT2D eigenvalue weighted by Crippen LogP contribution is -2.31. The van der Waals surface area contributed by atoms with Gasteiger partial charge in [0, 0.05) is 25.3 Å². The van der Waals surface area contributed by atoms with Gasteiger partial charge < -0.3 is 10.1 Å². The van der Waals surface area contributed by atoms with E-state index in [0.717, 1.165) is 24.8 Å². The summed E-state index contributed by atoms with van der Waals surface area (Å²) in [5.41, 5.74) is 1.49. The Hall–Kier alpha value is -1.44. The summed E-state index contributed by atoms with van der Waals surface area (Å²) in [7, 11) is -1.92. The molecule has 1 aliphatic carbocycles. The van der Waals surface area contributed by atoms with E-state index in [1.54, 1.807) is 19.1 Å². The normalized spacial score (nSPS) is 16.6. The van der Waals surface area contributed by atoms with Gasteiger partial charge in [0.1, 0.15) is 0 Å². The summed E-state index contributed by atoms with van der Waals surface area (Å²) in [6.45, 7) is 1.89. The largest absolute Gasteiger partial charge is 0.381 e. The van der Waals surface area contributed by atoms with Crippen LogP contribution in [0.25, 0.3) is 0 Å². The van der Waals surface area contributed by atoms with E-state index in [9.17, 15) is 13.2 Å². The van der Waals surface area contributed by atoms with Crippen LogP contribution in [0, 0.1) is 5.92 Å². The van der Waals surface area contributed by atoms with Gasteiger partial charge in [0.2, 0.25) is 15.9 Å². The molecule has 1 aromatic rings. The molecule has 0 saturated heterocycles. The molecule has 2 N–H and O–H groups in total. The number of amides is 1. The Morgan fingerprint density at radius 2 is 2.13 bits per heavy atom. The Labute approximate surface area is 137 Å². The van der Waals surface area contributed by atoms with Crippen LogP contribution in [0.5, 0.6) is 0 Å². The Kier molecular flexibility index (Phi) is 6.15. The van der Waals surface area contributed by atoms with Gasteiger partial charge in [0.05, 0.1) is 11.9 Å². The van der Waals surface area contributed by atoms with Gasteiger partial charge in [-0.3, -0.25) is 4.79 Å². The van der Waals surface area contributed by atoms with E-state index in [2.05, 4.69) is 10.0 Å². The van der Waals surface area contributed by atoms with Crippen LogP contribution < -0.4 is 10.0 Å². The minimum absolute atomic E-state index is 0.0444. The minimum atomic E-state index is -3.40. The Bertz CT molecular complexity index is 641. The molecule has 0 radical (unpaired) electrons. The quantitative estimate of drug-likeness (QED) is 0.757. The average molecular weight is 340 g/mol. The lowest BCUT2D eigenvalue weighted by Gasteiger charge is -2.24. The van der Waals surface area contributed by atoms with Crippen LogP contribution >= 0.6 is 0 Å². The highest BCUT2D eigenvalue weighted by Crippen LogP contribution is 2.27. The molecule has 2 rings (SSSR count). The molecule has 1 saturated carbocycles. The van der Waals surface area contributed by atoms with Crippen LogP contribution in [0.4, 0.5) is 5.69 Å². The van der Waals surface area contributed by atoms with E-state index in [0.29, 0.717) is 5.69 Å². The fourth-order valence-corrected chi connectivity index (χ4v) is 3.56. The van der Waals surface area contributed by atoms with Gasteiger partial charge in [-0.25, -0.2) is 13.1 Å². The van der Waals surface area contributed by atoms with Crippen molar-refractivity contribution >= 4 is 21.6 Å². The number of hydrogen-bond acceptors (Lipinski definition) is 4. The molecule has 1 aromatic carbocycles. The monoisotopic (exact) mass is 340 g/mol. The summed E-state index contributed by atoms with van der Waals surface area (Å²) >= 11 is 0. The third kappa shape index (κ3) is 5.60. The first-order chi connectivity index (χ1) is 10.9. The fourth-order valence-electron chi connectivity index (χ4n) is 2.30. The molecule has 0 heterocycles. The number of benzene rings is 1. The highest BCUT2D eigenvalue weighted by atomic mass is 32.2. The molecular weight excluding hydrogens is 316 g/mol. The third-order valence-corrected chi connectivity index (χ3v) is 5.52. The SMILES string of the molecule is CO[C@H](C)CS(=O)(=O)NCc1cccc(NC(=O)C2CCC2)c1. The maximum Gasteiger partial charge on any atom is 0.227 e. The van der Waals surface area contributed by atoms with Crippen molar-refractivity contribution in [2.75, 3.05) is 18.2 Å². The van der Waals surface area contributed by atoms with E-state index < -0.39 is 10.0 Å². The molecule has 1 amide bonds. The number of anilines is 1. The van der Waals surface area contributed by atoms with Crippen LogP contribution in [0.2, 0.25) is 0 Å². The van der Waals surface area contributed by atoms with Crippen molar-refractivity contribution in [1.82, 2.24) is 4.72 Å². The predicted molar refractivity (Wildman–Crippen MR) is 89.5 cm³/mol. The molecule has 0 aromatic heterocycles. The number of carbonyl (C=O) groups excluding carboxylic acids is 1. The molecule has 128 valence electrons. The zero-order chi connectivity index (χ0) is 16.9. The average Bonchev–Trinajstić information content (AvgIpc) is 2.43. The number of nitrogens with one attached hydrogen (secondary N) is 2. The maximum atomic E-state index is 11.9. The van der Waals surface area contributed by atoms with E-state index >= 15 is 0 Å². The topological polar surface area (TPSA) is 84.5 Å². The number of carbonyl (C=O) groups is 1. The summed E-state index contributed by atoms with van der Waals surface area (Å²) in [5.74, 6) is 0.0808. The molecule has 1 aliphatic rings. The van der Waals surface area contributed by atoms with Crippen LogP contribution in [0.15, 0.2) is 24.3 Å². The van der Waals surface area contributed by atoms with Crippen molar-refractivity contribution in [2.45, 2.75) is 38.8 Å². The summed E-state index contributed by atoms with van der Waals surface area (Å²) < 4.78 is 31.3. The van der Waals surface area contributed by atoms with Crippen molar-refractivity contribution < 1.29 is 17.9 Å². The van der Waals surface area contributed by atoms with Gasteiger partial charge in [0.15, 0.2) is 0 Å². The van der Waals surface area contributed by atoms with E-state index in [-0.39, 0.29) is 30.2 Å². The Morgan fingerprint density at radius 3 is 2.74 bits per heavy atom. The summed E-state index contributed by atoms with van der Waals surface area (Å²) in [5, 5.41) is 2.89. The molecule has 1 fully saturated rings. The highest BCUT2D eigenvalue weighted by molar-refractivity contribution is 7.89. The lowest BCUT2D eigenvalue weighted by molar-refractivity contribution is -0.122. The van der Waals surface area contributed by atoms with Gasteiger partial charge in [-0.2, -0.15) is 0 Å². The molecule has 23 heavy (non-hydrogen) atoms. The zero-order valence-corrected chi connectivity index (χ0v) is 14.4. The second kappa shape index (κ2) is 7.90. The number of sulfonamides is 1. The maximum absolute atomic E-state index is 11.9. The first kappa shape index (κ1) is 17.9. The van der Waals surface area contributed by atoms with Crippen molar-refractivity contribution in [3.8, 4) is 0 Å². The standard InChI is InChI=1S/C16H24N2O4S/c1-12(22-2)11-23(20,21)17-10-13-5-3-8-15(9-13)18-16(19)14-6-4-7-14/h3,5,8-9,12,14,17H,4,6-7,10-11H2,1-2H3,(H,18,19)/t12-/m1/s1. The molecule has 0 spiro atoms. The number of methoxy groups -OCH3 is 1. The number of rotatable bonds is 8. The molecule has 1 atom stereocenters. The summed E-state index contributed by atoms with van der Waals surface area (Å²) in [6, 6.07) is 7.22. The lowest BCUT2D eigenvalue weighted by atomic mass is 9.85. The van der Waals surface area contributed by atoms with E-state index in [1.165, 1.54) is 7.11 Å². The number of ether oxygens (including phenoxy) is 1. The minimum Gasteiger partial charge on any atom is -0.381 e. The number of hydrogen-bond donors (Lipinski definition) is 2. The van der Waals surface area contributed by atoms with E-state index in [1.807, 2.05) is 12.1 Å². The fraction of sp³-hybridized carbons (Fsp3) is 0.562. The van der Waals surface area contributed by atoms with Crippen LogP contribution in [-0.2, 0) is 26.1 Å². The molecule has 0 aliphatic heterocycles. The molecule has 0 unspecified atom stereocenters. The van der Waals surface area contributed by atoms with Crippen molar-refractivity contribution in [3.63, 3.8) is 0 Å². The van der Waals surface area contributed by atoms with Gasteiger partial charge in [-0.15, -0.1) is 0 Å². The van der Waals surface area contributed by atoms with E-state index in [4.69, 9.17) is 4.74 Å². The van der Waals surface area contributed by atoms with Crippen molar-refractivity contribution in [2.24, 2.45) is 5.92 Å². The zero-order valence-electron chi connectivity index (χ0n) is 13.5. The second-order valence-corrected chi connectivity index (χ2v) is 7.82. The first-order valence-corrected chi connectivity index (χ1v) is 9.45. The molecular formula is C16H24N2O4S. The Balaban J connectivity index is 1.90. The van der Waals surface area contributed by atoms with Crippen molar-refractivity contribution in [3.05, 3.63) is 29.8 Å². The Morgan fingerprint density at radius 1 is 1.39 bits per heavy atom. The third-order valence-electron chi connectivity index (χ3n) is 4.02. The second-order valence-electron chi connectivity index (χ2n) is 5.97. The van der Waals surface area contributed by atoms with Gasteiger partial charge in [0.25, 0.3) is 0 Å². The smallest absolute Gasteiger partial charge is 0.227 e.